The summed E-state index contributed by atoms with van der Waals surface area (Å²) in [7, 11) is 0. The highest BCUT2D eigenvalue weighted by Gasteiger charge is 2.20. The number of hydrogen-bond donors (Lipinski definition) is 0. The van der Waals surface area contributed by atoms with Crippen molar-refractivity contribution in [2.24, 2.45) is 0 Å². The van der Waals surface area contributed by atoms with Gasteiger partial charge in [0.1, 0.15) is 0 Å². The van der Waals surface area contributed by atoms with Gasteiger partial charge in [-0.2, -0.15) is 5.10 Å². The summed E-state index contributed by atoms with van der Waals surface area (Å²) >= 11 is 0. The van der Waals surface area contributed by atoms with E-state index >= 15 is 0 Å². The predicted octanol–water partition coefficient (Wildman–Crippen LogP) is 2.74. The highest BCUT2D eigenvalue weighted by Crippen LogP contribution is 2.21. The van der Waals surface area contributed by atoms with E-state index in [0.29, 0.717) is 0 Å². The average molecular weight is 179 g/mol. The van der Waals surface area contributed by atoms with Crippen LogP contribution in [0.5, 0.6) is 0 Å². The first-order valence-electron chi connectivity index (χ1n) is 4.70. The van der Waals surface area contributed by atoms with Crippen molar-refractivity contribution in [1.29, 1.82) is 0 Å². The van der Waals surface area contributed by atoms with Crippen molar-refractivity contribution >= 4 is 0 Å². The van der Waals surface area contributed by atoms with E-state index in [9.17, 15) is 0 Å². The third kappa shape index (κ3) is 2.33. The zero-order chi connectivity index (χ0) is 10.3. The Hall–Kier alpha value is -0.790. The quantitative estimate of drug-likeness (QED) is 0.598. The van der Waals surface area contributed by atoms with Gasteiger partial charge in [-0.15, -0.1) is 0 Å². The molecule has 0 amide bonds. The molecular formula is C11H19N2. The minimum Gasteiger partial charge on any atom is -0.258 e. The van der Waals surface area contributed by atoms with E-state index in [1.54, 1.807) is 0 Å². The average Bonchev–Trinajstić information content (AvgIpc) is 2.28. The number of aromatic nitrogens is 2. The van der Waals surface area contributed by atoms with Gasteiger partial charge in [-0.3, -0.25) is 4.68 Å². The molecule has 73 valence electrons. The fourth-order valence-electron chi connectivity index (χ4n) is 0.998. The maximum absolute atomic E-state index is 4.51. The van der Waals surface area contributed by atoms with E-state index in [1.165, 1.54) is 0 Å². The Balaban J connectivity index is 3.01. The van der Waals surface area contributed by atoms with Crippen molar-refractivity contribution in [2.75, 3.05) is 0 Å². The lowest BCUT2D eigenvalue weighted by molar-refractivity contribution is 0.346. The maximum atomic E-state index is 4.51. The molecule has 0 N–H and O–H groups in total. The van der Waals surface area contributed by atoms with Crippen LogP contribution in [0.15, 0.2) is 6.07 Å². The molecule has 0 aromatic carbocycles. The van der Waals surface area contributed by atoms with Crippen molar-refractivity contribution in [3.63, 3.8) is 0 Å². The third-order valence-corrected chi connectivity index (χ3v) is 1.94. The molecule has 0 unspecified atom stereocenters. The summed E-state index contributed by atoms with van der Waals surface area (Å²) in [6, 6.07) is 1.98. The first-order valence-corrected chi connectivity index (χ1v) is 4.70. The smallest absolute Gasteiger partial charge is 0.0873 e. The Bertz CT molecular complexity index is 255. The molecule has 2 nitrogen and oxygen atoms in total. The van der Waals surface area contributed by atoms with E-state index < -0.39 is 0 Å². The first-order chi connectivity index (χ1) is 5.71. The standard InChI is InChI=1S/C11H19N2/c1-10(2,3)9-7-8-13(12-9)11(4,5)6/h7H,1-6H3. The predicted molar refractivity (Wildman–Crippen MR) is 54.8 cm³/mol. The Kier molecular flexibility index (Phi) is 2.27. The SMILES string of the molecule is CC(C)(C)c1c[c]n(C(C)(C)C)n1. The van der Waals surface area contributed by atoms with Gasteiger partial charge in [0.15, 0.2) is 0 Å². The first kappa shape index (κ1) is 10.3. The largest absolute Gasteiger partial charge is 0.258 e. The van der Waals surface area contributed by atoms with Crippen LogP contribution in [0.2, 0.25) is 0 Å². The van der Waals surface area contributed by atoms with Crippen LogP contribution in [0.4, 0.5) is 0 Å². The van der Waals surface area contributed by atoms with Crippen LogP contribution in [0, 0.1) is 6.20 Å². The topological polar surface area (TPSA) is 17.8 Å². The molecule has 0 bridgehead atoms. The van der Waals surface area contributed by atoms with Crippen LogP contribution in [-0.2, 0) is 11.0 Å². The van der Waals surface area contributed by atoms with E-state index in [1.807, 2.05) is 10.7 Å². The molecule has 0 saturated heterocycles. The lowest BCUT2D eigenvalue weighted by atomic mass is 9.93. The van der Waals surface area contributed by atoms with Gasteiger partial charge < -0.3 is 0 Å². The number of rotatable bonds is 0. The molecule has 0 aliphatic carbocycles. The molecular weight excluding hydrogens is 160 g/mol. The van der Waals surface area contributed by atoms with Crippen LogP contribution >= 0.6 is 0 Å². The monoisotopic (exact) mass is 179 g/mol. The molecule has 1 rings (SSSR count). The van der Waals surface area contributed by atoms with Crippen LogP contribution in [0.25, 0.3) is 0 Å². The Morgan fingerprint density at radius 1 is 1.15 bits per heavy atom. The summed E-state index contributed by atoms with van der Waals surface area (Å²) < 4.78 is 1.90. The summed E-state index contributed by atoms with van der Waals surface area (Å²) in [6.07, 6.45) is 3.16. The Morgan fingerprint density at radius 3 is 1.92 bits per heavy atom. The molecule has 0 atom stereocenters. The lowest BCUT2D eigenvalue weighted by Crippen LogP contribution is -2.23. The molecule has 1 aromatic rings. The fourth-order valence-corrected chi connectivity index (χ4v) is 0.998. The van der Waals surface area contributed by atoms with Crippen molar-refractivity contribution in [1.82, 2.24) is 9.78 Å². The van der Waals surface area contributed by atoms with Gasteiger partial charge in [0.05, 0.1) is 17.4 Å². The van der Waals surface area contributed by atoms with E-state index in [-0.39, 0.29) is 11.0 Å². The molecule has 1 heterocycles. The molecule has 2 heteroatoms. The number of hydrogen-bond acceptors (Lipinski definition) is 1. The van der Waals surface area contributed by atoms with Crippen molar-refractivity contribution < 1.29 is 0 Å². The minimum atomic E-state index is 0.0312. The van der Waals surface area contributed by atoms with E-state index in [0.717, 1.165) is 5.69 Å². The Labute approximate surface area is 81.0 Å². The highest BCUT2D eigenvalue weighted by atomic mass is 15.3. The molecule has 0 saturated carbocycles. The molecule has 0 aliphatic heterocycles. The zero-order valence-electron chi connectivity index (χ0n) is 9.47. The van der Waals surface area contributed by atoms with E-state index in [2.05, 4.69) is 52.8 Å². The zero-order valence-corrected chi connectivity index (χ0v) is 9.47. The Morgan fingerprint density at radius 2 is 1.69 bits per heavy atom. The second-order valence-corrected chi connectivity index (χ2v) is 5.49. The minimum absolute atomic E-state index is 0.0312. The van der Waals surface area contributed by atoms with Crippen molar-refractivity contribution in [3.05, 3.63) is 18.0 Å². The van der Waals surface area contributed by atoms with Gasteiger partial charge >= 0.3 is 0 Å². The summed E-state index contributed by atoms with van der Waals surface area (Å²) in [5, 5.41) is 4.51. The van der Waals surface area contributed by atoms with Gasteiger partial charge in [0.25, 0.3) is 0 Å². The highest BCUT2D eigenvalue weighted by molar-refractivity contribution is 5.10. The van der Waals surface area contributed by atoms with Crippen LogP contribution in [0.3, 0.4) is 0 Å². The van der Waals surface area contributed by atoms with Gasteiger partial charge in [-0.25, -0.2) is 0 Å². The normalized spacial score (nSPS) is 13.4. The third-order valence-electron chi connectivity index (χ3n) is 1.94. The molecule has 1 radical (unpaired) electrons. The maximum Gasteiger partial charge on any atom is 0.0873 e. The number of nitrogens with zero attached hydrogens (tertiary/aromatic N) is 2. The second kappa shape index (κ2) is 2.86. The van der Waals surface area contributed by atoms with Crippen molar-refractivity contribution in [2.45, 2.75) is 52.5 Å². The van der Waals surface area contributed by atoms with Gasteiger partial charge in [0, 0.05) is 5.41 Å². The van der Waals surface area contributed by atoms with Gasteiger partial charge in [-0.05, 0) is 26.8 Å². The molecule has 0 aliphatic rings. The van der Waals surface area contributed by atoms with E-state index in [4.69, 9.17) is 0 Å². The molecule has 1 aromatic heterocycles. The van der Waals surface area contributed by atoms with Gasteiger partial charge in [0.2, 0.25) is 0 Å². The second-order valence-electron chi connectivity index (χ2n) is 5.49. The van der Waals surface area contributed by atoms with Crippen molar-refractivity contribution in [3.8, 4) is 0 Å². The van der Waals surface area contributed by atoms with Crippen LogP contribution in [0.1, 0.15) is 47.2 Å². The van der Waals surface area contributed by atoms with Crippen LogP contribution in [-0.4, -0.2) is 9.78 Å². The summed E-state index contributed by atoms with van der Waals surface area (Å²) in [5.74, 6) is 0. The molecule has 13 heavy (non-hydrogen) atoms. The fraction of sp³-hybridized carbons (Fsp3) is 0.727. The van der Waals surface area contributed by atoms with Gasteiger partial charge in [-0.1, -0.05) is 20.8 Å². The summed E-state index contributed by atoms with van der Waals surface area (Å²) in [6.45, 7) is 12.9. The van der Waals surface area contributed by atoms with Crippen LogP contribution < -0.4 is 0 Å². The summed E-state index contributed by atoms with van der Waals surface area (Å²) in [4.78, 5) is 0. The summed E-state index contributed by atoms with van der Waals surface area (Å²) in [5.41, 5.74) is 1.25. The molecule has 0 fully saturated rings. The lowest BCUT2D eigenvalue weighted by Gasteiger charge is -2.20. The molecule has 0 spiro atoms.